The molecule has 0 atom stereocenters. The monoisotopic (exact) mass is 662 g/mol. The van der Waals surface area contributed by atoms with Crippen molar-refractivity contribution in [1.29, 1.82) is 0 Å². The number of benzene rings is 4. The minimum absolute atomic E-state index is 0.358. The second kappa shape index (κ2) is 17.1. The molecule has 49 heavy (non-hydrogen) atoms. The van der Waals surface area contributed by atoms with Gasteiger partial charge in [-0.3, -0.25) is 0 Å². The van der Waals surface area contributed by atoms with E-state index in [1.54, 1.807) is 22.3 Å². The maximum Gasteiger partial charge on any atom is 0.231 e. The summed E-state index contributed by atoms with van der Waals surface area (Å²) >= 11 is 0. The summed E-state index contributed by atoms with van der Waals surface area (Å²) in [6.45, 7) is 19.4. The first kappa shape index (κ1) is 36.4. The fraction of sp³-hybridized carbons (Fsp3) is 0.467. The highest BCUT2D eigenvalue weighted by molar-refractivity contribution is 5.46. The number of hydrogen-bond acceptors (Lipinski definition) is 4. The first-order valence-corrected chi connectivity index (χ1v) is 18.6. The van der Waals surface area contributed by atoms with Crippen LogP contribution in [0.1, 0.15) is 136 Å². The molecule has 2 heterocycles. The van der Waals surface area contributed by atoms with E-state index in [1.165, 1.54) is 60.8 Å². The van der Waals surface area contributed by atoms with Crippen molar-refractivity contribution >= 4 is 0 Å². The van der Waals surface area contributed by atoms with Gasteiger partial charge < -0.3 is 18.9 Å². The van der Waals surface area contributed by atoms with Crippen LogP contribution < -0.4 is 18.9 Å². The molecule has 2 aliphatic carbocycles. The van der Waals surface area contributed by atoms with E-state index in [9.17, 15) is 0 Å². The maximum absolute atomic E-state index is 5.49. The van der Waals surface area contributed by atoms with Gasteiger partial charge in [0.1, 0.15) is 13.2 Å². The predicted molar refractivity (Wildman–Crippen MR) is 203 cm³/mol. The topological polar surface area (TPSA) is 36.9 Å². The molecule has 8 rings (SSSR count). The summed E-state index contributed by atoms with van der Waals surface area (Å²) < 4.78 is 21.4. The lowest BCUT2D eigenvalue weighted by molar-refractivity contribution is 0.171. The fourth-order valence-corrected chi connectivity index (χ4v) is 6.59. The van der Waals surface area contributed by atoms with Crippen molar-refractivity contribution in [2.45, 2.75) is 118 Å². The number of fused-ring (bicyclic) bond motifs is 4. The predicted octanol–water partition coefficient (Wildman–Crippen LogP) is 11.7. The van der Waals surface area contributed by atoms with Crippen LogP contribution in [0.5, 0.6) is 23.0 Å². The van der Waals surface area contributed by atoms with E-state index >= 15 is 0 Å². The molecule has 0 aromatic heterocycles. The van der Waals surface area contributed by atoms with Gasteiger partial charge in [-0.2, -0.15) is 0 Å². The number of hydrogen-bond donors (Lipinski definition) is 0. The first-order valence-electron chi connectivity index (χ1n) is 18.6. The second-order valence-electron chi connectivity index (χ2n) is 14.9. The van der Waals surface area contributed by atoms with E-state index in [-0.39, 0.29) is 0 Å². The molecule has 0 unspecified atom stereocenters. The van der Waals surface area contributed by atoms with Gasteiger partial charge in [0.2, 0.25) is 6.79 Å². The van der Waals surface area contributed by atoms with Gasteiger partial charge in [-0.05, 0) is 131 Å². The summed E-state index contributed by atoms with van der Waals surface area (Å²) in [5.74, 6) is 5.93. The molecular weight excluding hydrogens is 604 g/mol. The SMILES string of the molecule is CC(C)c1ccc2c(c1)CCC2.CC(C)c1ccc2c(c1)CCC2.CC(C)c1ccc2c(c1)OCCO2.CC(C)c1ccc2c(c1)OCO2. The van der Waals surface area contributed by atoms with Crippen LogP contribution in [0.2, 0.25) is 0 Å². The van der Waals surface area contributed by atoms with Crippen LogP contribution in [0.3, 0.4) is 0 Å². The molecule has 0 radical (unpaired) electrons. The van der Waals surface area contributed by atoms with E-state index in [0.717, 1.165) is 23.0 Å². The van der Waals surface area contributed by atoms with E-state index in [2.05, 4.69) is 110 Å². The lowest BCUT2D eigenvalue weighted by atomic mass is 9.99. The van der Waals surface area contributed by atoms with E-state index in [4.69, 9.17) is 18.9 Å². The molecule has 4 aromatic rings. The average molecular weight is 663 g/mol. The van der Waals surface area contributed by atoms with Gasteiger partial charge in [-0.1, -0.05) is 104 Å². The van der Waals surface area contributed by atoms with Crippen LogP contribution in [-0.2, 0) is 25.7 Å². The lowest BCUT2D eigenvalue weighted by Crippen LogP contribution is -2.15. The lowest BCUT2D eigenvalue weighted by Gasteiger charge is -2.19. The fourth-order valence-electron chi connectivity index (χ4n) is 6.59. The van der Waals surface area contributed by atoms with Crippen LogP contribution >= 0.6 is 0 Å². The Labute approximate surface area is 296 Å². The van der Waals surface area contributed by atoms with Gasteiger partial charge in [0.05, 0.1) is 0 Å². The zero-order valence-electron chi connectivity index (χ0n) is 31.2. The number of rotatable bonds is 4. The second-order valence-corrected chi connectivity index (χ2v) is 14.9. The van der Waals surface area contributed by atoms with E-state index in [0.29, 0.717) is 43.7 Å². The number of aryl methyl sites for hydroxylation is 4. The van der Waals surface area contributed by atoms with Gasteiger partial charge in [-0.15, -0.1) is 0 Å². The molecule has 0 bridgehead atoms. The van der Waals surface area contributed by atoms with Gasteiger partial charge in [0, 0.05) is 0 Å². The standard InChI is InChI=1S/2C12H16.C11H14O2.C10H12O2/c2*1-9(2)11-7-6-10-4-3-5-12(10)8-11;1-8(2)9-3-4-10-11(7-9)13-6-5-12-10;1-7(2)8-3-4-9-10(5-8)12-6-11-9/h2*6-9H,3-5H2,1-2H3;3-4,7-8H,5-6H2,1-2H3;3-5,7H,6H2,1-2H3. The molecule has 2 aliphatic heterocycles. The molecule has 262 valence electrons. The number of ether oxygens (including phenoxy) is 4. The molecule has 4 nitrogen and oxygen atoms in total. The van der Waals surface area contributed by atoms with E-state index in [1.807, 2.05) is 18.2 Å². The molecule has 0 saturated carbocycles. The average Bonchev–Trinajstić information content (AvgIpc) is 3.89. The van der Waals surface area contributed by atoms with Gasteiger partial charge in [-0.25, -0.2) is 0 Å². The van der Waals surface area contributed by atoms with Crippen LogP contribution in [0.25, 0.3) is 0 Å². The summed E-state index contributed by atoms with van der Waals surface area (Å²) in [6.07, 6.45) is 7.92. The highest BCUT2D eigenvalue weighted by Gasteiger charge is 2.15. The van der Waals surface area contributed by atoms with Crippen molar-refractivity contribution in [2.75, 3.05) is 20.0 Å². The minimum Gasteiger partial charge on any atom is -0.486 e. The van der Waals surface area contributed by atoms with Gasteiger partial charge >= 0.3 is 0 Å². The van der Waals surface area contributed by atoms with Crippen molar-refractivity contribution in [3.63, 3.8) is 0 Å². The summed E-state index contributed by atoms with van der Waals surface area (Å²) in [4.78, 5) is 0. The van der Waals surface area contributed by atoms with Gasteiger partial charge in [0.25, 0.3) is 0 Å². The Morgan fingerprint density at radius 1 is 0.367 bits per heavy atom. The smallest absolute Gasteiger partial charge is 0.231 e. The Morgan fingerprint density at radius 3 is 1.18 bits per heavy atom. The zero-order valence-corrected chi connectivity index (χ0v) is 31.2. The van der Waals surface area contributed by atoms with Crippen molar-refractivity contribution in [3.8, 4) is 23.0 Å². The third kappa shape index (κ3) is 9.84. The van der Waals surface area contributed by atoms with Crippen molar-refractivity contribution in [3.05, 3.63) is 117 Å². The molecule has 4 aromatic carbocycles. The van der Waals surface area contributed by atoms with Crippen LogP contribution in [0, 0.1) is 0 Å². The summed E-state index contributed by atoms with van der Waals surface area (Å²) in [5.41, 5.74) is 11.9. The molecule has 0 fully saturated rings. The van der Waals surface area contributed by atoms with Crippen LogP contribution in [0.15, 0.2) is 72.8 Å². The quantitative estimate of drug-likeness (QED) is 0.218. The summed E-state index contributed by atoms with van der Waals surface area (Å²) in [7, 11) is 0. The molecular formula is C45H58O4. The summed E-state index contributed by atoms with van der Waals surface area (Å²) in [6, 6.07) is 26.3. The molecule has 0 amide bonds. The highest BCUT2D eigenvalue weighted by atomic mass is 16.7. The Balaban J connectivity index is 0.000000127. The summed E-state index contributed by atoms with van der Waals surface area (Å²) in [5, 5.41) is 0. The molecule has 4 heteroatoms. The molecule has 0 N–H and O–H groups in total. The van der Waals surface area contributed by atoms with Gasteiger partial charge in [0.15, 0.2) is 23.0 Å². The Kier molecular flexibility index (Phi) is 12.7. The van der Waals surface area contributed by atoms with Crippen LogP contribution in [-0.4, -0.2) is 20.0 Å². The zero-order chi connectivity index (χ0) is 34.9. The maximum atomic E-state index is 5.49. The third-order valence-corrected chi connectivity index (χ3v) is 9.87. The largest absolute Gasteiger partial charge is 0.486 e. The highest BCUT2D eigenvalue weighted by Crippen LogP contribution is 2.35. The normalized spacial score (nSPS) is 14.8. The van der Waals surface area contributed by atoms with Crippen molar-refractivity contribution < 1.29 is 18.9 Å². The Hall–Kier alpha value is -3.92. The third-order valence-electron chi connectivity index (χ3n) is 9.87. The molecule has 0 saturated heterocycles. The molecule has 4 aliphatic rings. The first-order chi connectivity index (χ1) is 23.6. The van der Waals surface area contributed by atoms with Crippen molar-refractivity contribution in [2.24, 2.45) is 0 Å². The molecule has 0 spiro atoms. The van der Waals surface area contributed by atoms with E-state index < -0.39 is 0 Å². The van der Waals surface area contributed by atoms with Crippen LogP contribution in [0.4, 0.5) is 0 Å². The minimum atomic E-state index is 0.358. The Bertz CT molecular complexity index is 1520. The Morgan fingerprint density at radius 2 is 0.714 bits per heavy atom. The van der Waals surface area contributed by atoms with Crippen molar-refractivity contribution in [1.82, 2.24) is 0 Å².